The van der Waals surface area contributed by atoms with Crippen LogP contribution in [0.1, 0.15) is 76.8 Å². The standard InChI is InChI=1S/C41H35.2ClH.Zr/c1-5-28-20-21-33-31(23-28)24-37-35(33)25-38(40(29-15-9-7-10-16-29)30-17-11-8-12-18-30)32(6-2)41(37)36-22-27(4)39-26(3)14-13-19-34(36)39;;;/h7-23,25,36H,5-6H2,1-4H3;2*1H;/q-1;;;+3/p-2. The second kappa shape index (κ2) is 14.0. The summed E-state index contributed by atoms with van der Waals surface area (Å²) in [4.78, 5) is 0. The minimum atomic E-state index is 0. The van der Waals surface area contributed by atoms with Crippen LogP contribution >= 0.6 is 0 Å². The van der Waals surface area contributed by atoms with Gasteiger partial charge in [0.2, 0.25) is 0 Å². The number of fused-ring (bicyclic) bond motifs is 4. The van der Waals surface area contributed by atoms with Crippen LogP contribution in [0.2, 0.25) is 0 Å². The average molecular weight is 690 g/mol. The zero-order valence-electron chi connectivity index (χ0n) is 25.6. The molecule has 0 heterocycles. The fourth-order valence-electron chi connectivity index (χ4n) is 7.16. The second-order valence-corrected chi connectivity index (χ2v) is 11.4. The van der Waals surface area contributed by atoms with Crippen molar-refractivity contribution >= 4 is 17.2 Å². The number of hydrogen-bond donors (Lipinski definition) is 0. The normalized spacial score (nSPS) is 13.6. The first-order valence-electron chi connectivity index (χ1n) is 15.0. The molecule has 1 atom stereocenters. The maximum atomic E-state index is 3.94. The third kappa shape index (κ3) is 5.65. The van der Waals surface area contributed by atoms with Crippen LogP contribution in [0, 0.1) is 6.92 Å². The molecule has 217 valence electrons. The Kier molecular flexibility index (Phi) is 10.8. The number of allylic oxidation sites excluding steroid dienone is 2. The summed E-state index contributed by atoms with van der Waals surface area (Å²) >= 11 is 0. The number of halogens is 2. The Bertz CT molecular complexity index is 1930. The molecule has 44 heavy (non-hydrogen) atoms. The van der Waals surface area contributed by atoms with Gasteiger partial charge in [0.05, 0.1) is 0 Å². The van der Waals surface area contributed by atoms with Gasteiger partial charge in [-0.05, 0) is 70.9 Å². The van der Waals surface area contributed by atoms with E-state index < -0.39 is 0 Å². The average Bonchev–Trinajstić information content (AvgIpc) is 3.55. The Balaban J connectivity index is 0.00000147. The minimum absolute atomic E-state index is 0. The topological polar surface area (TPSA) is 0 Å². The van der Waals surface area contributed by atoms with Crippen LogP contribution in [-0.4, -0.2) is 0 Å². The van der Waals surface area contributed by atoms with Crippen molar-refractivity contribution in [2.24, 2.45) is 0 Å². The first-order chi connectivity index (χ1) is 20.1. The van der Waals surface area contributed by atoms with Gasteiger partial charge < -0.3 is 24.8 Å². The zero-order chi connectivity index (χ0) is 28.1. The molecule has 2 aliphatic rings. The van der Waals surface area contributed by atoms with Gasteiger partial charge in [0.25, 0.3) is 0 Å². The number of aryl methyl sites for hydroxylation is 2. The summed E-state index contributed by atoms with van der Waals surface area (Å²) in [6, 6.07) is 38.1. The van der Waals surface area contributed by atoms with Crippen molar-refractivity contribution < 1.29 is 51.0 Å². The Morgan fingerprint density at radius 1 is 0.705 bits per heavy atom. The summed E-state index contributed by atoms with van der Waals surface area (Å²) in [6.07, 6.45) is 8.42. The van der Waals surface area contributed by atoms with Crippen molar-refractivity contribution in [1.82, 2.24) is 0 Å². The summed E-state index contributed by atoms with van der Waals surface area (Å²) < 4.78 is 0. The van der Waals surface area contributed by atoms with E-state index in [9.17, 15) is 0 Å². The van der Waals surface area contributed by atoms with E-state index in [0.29, 0.717) is 0 Å². The minimum Gasteiger partial charge on any atom is -1.00 e. The monoisotopic (exact) mass is 687 g/mol. The SMILES string of the molecule is CCc1ccc2c(c1)[C-]=c1c-2cc(=C(c2ccccc2)c2ccccc2)c(CC)c1C1C=C(C)c2c(C)cccc21.[Cl-].[Cl-].[Zr+3]. The van der Waals surface area contributed by atoms with Gasteiger partial charge in [-0.1, -0.05) is 134 Å². The maximum absolute atomic E-state index is 3.94. The van der Waals surface area contributed by atoms with E-state index >= 15 is 0 Å². The number of benzene rings is 5. The third-order valence-electron chi connectivity index (χ3n) is 9.03. The van der Waals surface area contributed by atoms with Gasteiger partial charge in [0, 0.05) is 5.92 Å². The molecule has 0 nitrogen and oxygen atoms in total. The van der Waals surface area contributed by atoms with E-state index in [1.165, 1.54) is 82.8 Å². The van der Waals surface area contributed by atoms with Gasteiger partial charge in [0.1, 0.15) is 0 Å². The Morgan fingerprint density at radius 2 is 1.36 bits per heavy atom. The summed E-state index contributed by atoms with van der Waals surface area (Å²) in [6.45, 7) is 9.08. The van der Waals surface area contributed by atoms with Crippen LogP contribution < -0.4 is 35.3 Å². The van der Waals surface area contributed by atoms with E-state index in [1.807, 2.05) is 0 Å². The molecule has 5 aromatic carbocycles. The predicted molar refractivity (Wildman–Crippen MR) is 174 cm³/mol. The fraction of sp³-hybridized carbons (Fsp3) is 0.171. The van der Waals surface area contributed by atoms with Crippen LogP contribution in [0.25, 0.3) is 28.3 Å². The van der Waals surface area contributed by atoms with Gasteiger partial charge in [-0.25, -0.2) is 0 Å². The molecule has 1 unspecified atom stereocenters. The van der Waals surface area contributed by atoms with Gasteiger partial charge in [-0.2, -0.15) is 0 Å². The Hall–Kier alpha value is -2.96. The van der Waals surface area contributed by atoms with Crippen molar-refractivity contribution in [2.45, 2.75) is 46.5 Å². The Labute approximate surface area is 293 Å². The van der Waals surface area contributed by atoms with Crippen molar-refractivity contribution in [1.29, 1.82) is 0 Å². The Morgan fingerprint density at radius 3 is 1.98 bits per heavy atom. The van der Waals surface area contributed by atoms with Gasteiger partial charge in [-0.15, -0.1) is 34.1 Å². The van der Waals surface area contributed by atoms with E-state index in [2.05, 4.69) is 143 Å². The molecular formula is C41H35Cl2Zr. The predicted octanol–water partition coefficient (Wildman–Crippen LogP) is 2.61. The molecule has 0 saturated carbocycles. The maximum Gasteiger partial charge on any atom is 3.00 e. The summed E-state index contributed by atoms with van der Waals surface area (Å²) in [5, 5.41) is 2.61. The fourth-order valence-corrected chi connectivity index (χ4v) is 7.16. The molecule has 1 radical (unpaired) electrons. The van der Waals surface area contributed by atoms with E-state index in [1.54, 1.807) is 0 Å². The van der Waals surface area contributed by atoms with Crippen LogP contribution in [0.3, 0.4) is 0 Å². The molecule has 0 aromatic heterocycles. The zero-order valence-corrected chi connectivity index (χ0v) is 29.6. The molecule has 2 aliphatic carbocycles. The third-order valence-corrected chi connectivity index (χ3v) is 9.03. The van der Waals surface area contributed by atoms with E-state index in [-0.39, 0.29) is 56.9 Å². The van der Waals surface area contributed by atoms with Crippen molar-refractivity contribution in [2.75, 3.05) is 0 Å². The number of hydrogen-bond acceptors (Lipinski definition) is 0. The van der Waals surface area contributed by atoms with Crippen molar-refractivity contribution in [3.8, 4) is 11.1 Å². The molecule has 0 bridgehead atoms. The molecule has 0 spiro atoms. The molecule has 0 N–H and O–H groups in total. The summed E-state index contributed by atoms with van der Waals surface area (Å²) in [5.74, 6) is 0.203. The van der Waals surface area contributed by atoms with Gasteiger partial charge in [-0.3, -0.25) is 0 Å². The van der Waals surface area contributed by atoms with E-state index in [4.69, 9.17) is 0 Å². The summed E-state index contributed by atoms with van der Waals surface area (Å²) in [7, 11) is 0. The van der Waals surface area contributed by atoms with Crippen LogP contribution in [0.5, 0.6) is 0 Å². The number of rotatable bonds is 5. The molecular weight excluding hydrogens is 655 g/mol. The van der Waals surface area contributed by atoms with Crippen LogP contribution in [0.4, 0.5) is 0 Å². The molecule has 0 fully saturated rings. The molecule has 0 saturated heterocycles. The summed E-state index contributed by atoms with van der Waals surface area (Å²) in [5.41, 5.74) is 17.4. The molecule has 7 rings (SSSR count). The van der Waals surface area contributed by atoms with Crippen molar-refractivity contribution in [3.63, 3.8) is 0 Å². The second-order valence-electron chi connectivity index (χ2n) is 11.4. The molecule has 5 aromatic rings. The molecule has 0 aliphatic heterocycles. The first kappa shape index (κ1) is 33.9. The first-order valence-corrected chi connectivity index (χ1v) is 15.0. The van der Waals surface area contributed by atoms with Crippen LogP contribution in [-0.2, 0) is 39.0 Å². The van der Waals surface area contributed by atoms with Gasteiger partial charge in [0.15, 0.2) is 0 Å². The smallest absolute Gasteiger partial charge is 1.00 e. The largest absolute Gasteiger partial charge is 3.00 e. The van der Waals surface area contributed by atoms with Crippen molar-refractivity contribution in [3.05, 3.63) is 170 Å². The molecule has 3 heteroatoms. The van der Waals surface area contributed by atoms with Gasteiger partial charge >= 0.3 is 26.2 Å². The van der Waals surface area contributed by atoms with Crippen LogP contribution in [0.15, 0.2) is 109 Å². The molecule has 0 amide bonds. The van der Waals surface area contributed by atoms with E-state index in [0.717, 1.165) is 12.8 Å². The quantitative estimate of drug-likeness (QED) is 0.245.